The molecule has 0 heterocycles. The van der Waals surface area contributed by atoms with Gasteiger partial charge in [0.1, 0.15) is 0 Å². The summed E-state index contributed by atoms with van der Waals surface area (Å²) in [6.45, 7) is 0. The Morgan fingerprint density at radius 2 is 2.06 bits per heavy atom. The predicted molar refractivity (Wildman–Crippen MR) is 51.1 cm³/mol. The highest BCUT2D eigenvalue weighted by Crippen LogP contribution is 2.34. The molecule has 0 bridgehead atoms. The third kappa shape index (κ3) is 3.61. The minimum atomic E-state index is -5.09. The van der Waals surface area contributed by atoms with E-state index in [1.165, 1.54) is 0 Å². The van der Waals surface area contributed by atoms with E-state index in [0.717, 1.165) is 18.2 Å². The summed E-state index contributed by atoms with van der Waals surface area (Å²) >= 11 is 0. The molecule has 0 aliphatic carbocycles. The highest BCUT2D eigenvalue weighted by molar-refractivity contribution is 5.73. The molecule has 1 N–H and O–H groups in total. The van der Waals surface area contributed by atoms with Crippen LogP contribution in [-0.2, 0) is 11.2 Å². The molecule has 18 heavy (non-hydrogen) atoms. The normalized spacial score (nSPS) is 11.1. The van der Waals surface area contributed by atoms with Gasteiger partial charge in [-0.15, -0.1) is 13.2 Å². The van der Waals surface area contributed by atoms with Crippen LogP contribution in [0, 0.1) is 10.1 Å². The summed E-state index contributed by atoms with van der Waals surface area (Å²) in [7, 11) is 0. The van der Waals surface area contributed by atoms with Gasteiger partial charge in [-0.2, -0.15) is 0 Å². The Morgan fingerprint density at radius 3 is 2.50 bits per heavy atom. The second kappa shape index (κ2) is 4.90. The number of hydrogen-bond donors (Lipinski definition) is 1. The molecule has 0 spiro atoms. The Labute approximate surface area is 97.7 Å². The highest BCUT2D eigenvalue weighted by Gasteiger charge is 2.35. The molecule has 0 radical (unpaired) electrons. The van der Waals surface area contributed by atoms with Crippen molar-refractivity contribution in [2.24, 2.45) is 0 Å². The molecule has 9 heteroatoms. The molecule has 0 unspecified atom stereocenters. The van der Waals surface area contributed by atoms with E-state index in [0.29, 0.717) is 0 Å². The summed E-state index contributed by atoms with van der Waals surface area (Å²) in [5.41, 5.74) is -1.37. The van der Waals surface area contributed by atoms with Gasteiger partial charge < -0.3 is 9.84 Å². The molecule has 0 aliphatic rings. The SMILES string of the molecule is O=C(O)Cc1cccc(OC(F)(F)F)c1[N+](=O)[O-]. The molecule has 6 nitrogen and oxygen atoms in total. The molecule has 0 saturated carbocycles. The second-order valence-corrected chi connectivity index (χ2v) is 3.14. The summed E-state index contributed by atoms with van der Waals surface area (Å²) in [5.74, 6) is -2.44. The molecule has 0 fully saturated rings. The molecule has 0 atom stereocenters. The van der Waals surface area contributed by atoms with Gasteiger partial charge in [-0.3, -0.25) is 14.9 Å². The molecular weight excluding hydrogens is 259 g/mol. The third-order valence-corrected chi connectivity index (χ3v) is 1.83. The quantitative estimate of drug-likeness (QED) is 0.665. The van der Waals surface area contributed by atoms with Crippen LogP contribution in [0.25, 0.3) is 0 Å². The number of nitrogens with zero attached hydrogens (tertiary/aromatic N) is 1. The Balaban J connectivity index is 3.26. The predicted octanol–water partition coefficient (Wildman–Crippen LogP) is 2.12. The summed E-state index contributed by atoms with van der Waals surface area (Å²) in [4.78, 5) is 20.0. The Kier molecular flexibility index (Phi) is 3.74. The Morgan fingerprint density at radius 1 is 1.44 bits per heavy atom. The van der Waals surface area contributed by atoms with Gasteiger partial charge in [0.25, 0.3) is 0 Å². The van der Waals surface area contributed by atoms with Crippen LogP contribution in [-0.4, -0.2) is 22.4 Å². The van der Waals surface area contributed by atoms with Crippen molar-refractivity contribution in [3.8, 4) is 5.75 Å². The number of benzene rings is 1. The van der Waals surface area contributed by atoms with Gasteiger partial charge in [0.05, 0.1) is 11.3 Å². The van der Waals surface area contributed by atoms with Gasteiger partial charge in [0, 0.05) is 5.56 Å². The van der Waals surface area contributed by atoms with Crippen LogP contribution in [0.5, 0.6) is 5.75 Å². The molecule has 0 saturated heterocycles. The average Bonchev–Trinajstić information content (AvgIpc) is 2.13. The molecule has 1 aromatic rings. The maximum Gasteiger partial charge on any atom is 0.573 e. The topological polar surface area (TPSA) is 89.7 Å². The number of carboxylic acids is 1. The Bertz CT molecular complexity index is 486. The van der Waals surface area contributed by atoms with Crippen LogP contribution in [0.2, 0.25) is 0 Å². The van der Waals surface area contributed by atoms with Crippen LogP contribution in [0.3, 0.4) is 0 Å². The number of halogens is 3. The summed E-state index contributed by atoms with van der Waals surface area (Å²) < 4.78 is 39.5. The smallest absolute Gasteiger partial charge is 0.481 e. The molecule has 1 aromatic carbocycles. The van der Waals surface area contributed by atoms with Crippen molar-refractivity contribution in [3.05, 3.63) is 33.9 Å². The number of aliphatic carboxylic acids is 1. The van der Waals surface area contributed by atoms with Crippen molar-refractivity contribution in [1.82, 2.24) is 0 Å². The fourth-order valence-electron chi connectivity index (χ4n) is 1.29. The fourth-order valence-corrected chi connectivity index (χ4v) is 1.29. The number of carboxylic acid groups (broad SMARTS) is 1. The van der Waals surface area contributed by atoms with Crippen molar-refractivity contribution in [2.75, 3.05) is 0 Å². The van der Waals surface area contributed by atoms with E-state index in [2.05, 4.69) is 4.74 Å². The number of rotatable bonds is 4. The van der Waals surface area contributed by atoms with Crippen molar-refractivity contribution in [3.63, 3.8) is 0 Å². The zero-order chi connectivity index (χ0) is 13.9. The number of carbonyl (C=O) groups is 1. The lowest BCUT2D eigenvalue weighted by atomic mass is 10.1. The zero-order valence-corrected chi connectivity index (χ0v) is 8.60. The first kappa shape index (κ1) is 13.7. The van der Waals surface area contributed by atoms with E-state index in [4.69, 9.17) is 5.11 Å². The van der Waals surface area contributed by atoms with Gasteiger partial charge in [0.2, 0.25) is 5.75 Å². The monoisotopic (exact) mass is 265 g/mol. The number of para-hydroxylation sites is 1. The van der Waals surface area contributed by atoms with Crippen LogP contribution < -0.4 is 4.74 Å². The largest absolute Gasteiger partial charge is 0.573 e. The van der Waals surface area contributed by atoms with Crippen molar-refractivity contribution >= 4 is 11.7 Å². The number of alkyl halides is 3. The summed E-state index contributed by atoms with van der Waals surface area (Å²) in [6.07, 6.45) is -5.86. The fraction of sp³-hybridized carbons (Fsp3) is 0.222. The van der Waals surface area contributed by atoms with Crippen LogP contribution >= 0.6 is 0 Å². The summed E-state index contributed by atoms with van der Waals surface area (Å²) in [5, 5.41) is 19.2. The number of hydrogen-bond acceptors (Lipinski definition) is 4. The number of nitro benzene ring substituents is 1. The van der Waals surface area contributed by atoms with Crippen LogP contribution in [0.1, 0.15) is 5.56 Å². The van der Waals surface area contributed by atoms with E-state index in [9.17, 15) is 28.1 Å². The van der Waals surface area contributed by atoms with E-state index in [1.54, 1.807) is 0 Å². The van der Waals surface area contributed by atoms with Gasteiger partial charge >= 0.3 is 18.0 Å². The molecule has 0 aliphatic heterocycles. The van der Waals surface area contributed by atoms with Crippen LogP contribution in [0.4, 0.5) is 18.9 Å². The Hall–Kier alpha value is -2.32. The van der Waals surface area contributed by atoms with Gasteiger partial charge in [-0.25, -0.2) is 0 Å². The third-order valence-electron chi connectivity index (χ3n) is 1.83. The lowest BCUT2D eigenvalue weighted by Crippen LogP contribution is -2.18. The first-order valence-corrected chi connectivity index (χ1v) is 4.44. The minimum Gasteiger partial charge on any atom is -0.481 e. The molecule has 98 valence electrons. The molecule has 0 aromatic heterocycles. The standard InChI is InChI=1S/C9H6F3NO5/c10-9(11,12)18-6-3-1-2-5(4-7(14)15)8(6)13(16)17/h1-3H,4H2,(H,14,15). The van der Waals surface area contributed by atoms with E-state index >= 15 is 0 Å². The lowest BCUT2D eigenvalue weighted by molar-refractivity contribution is -0.389. The van der Waals surface area contributed by atoms with Gasteiger partial charge in [0.15, 0.2) is 0 Å². The van der Waals surface area contributed by atoms with Gasteiger partial charge in [-0.05, 0) is 6.07 Å². The number of ether oxygens (including phenoxy) is 1. The molecule has 0 amide bonds. The maximum atomic E-state index is 12.0. The maximum absolute atomic E-state index is 12.0. The first-order valence-electron chi connectivity index (χ1n) is 4.44. The van der Waals surface area contributed by atoms with E-state index < -0.39 is 35.1 Å². The van der Waals surface area contributed by atoms with Crippen molar-refractivity contribution < 1.29 is 32.7 Å². The van der Waals surface area contributed by atoms with Gasteiger partial charge in [-0.1, -0.05) is 12.1 Å². The van der Waals surface area contributed by atoms with Crippen molar-refractivity contribution in [1.29, 1.82) is 0 Å². The van der Waals surface area contributed by atoms with Crippen molar-refractivity contribution in [2.45, 2.75) is 12.8 Å². The average molecular weight is 265 g/mol. The van der Waals surface area contributed by atoms with E-state index in [-0.39, 0.29) is 5.56 Å². The lowest BCUT2D eigenvalue weighted by Gasteiger charge is -2.10. The second-order valence-electron chi connectivity index (χ2n) is 3.14. The highest BCUT2D eigenvalue weighted by atomic mass is 19.4. The van der Waals surface area contributed by atoms with Crippen LogP contribution in [0.15, 0.2) is 18.2 Å². The first-order chi connectivity index (χ1) is 8.20. The minimum absolute atomic E-state index is 0.366. The molecular formula is C9H6F3NO5. The zero-order valence-electron chi connectivity index (χ0n) is 8.60. The van der Waals surface area contributed by atoms with E-state index in [1.807, 2.05) is 0 Å². The molecule has 1 rings (SSSR count). The summed E-state index contributed by atoms with van der Waals surface area (Å²) in [6, 6.07) is 2.85. The number of nitro groups is 1.